The van der Waals surface area contributed by atoms with Crippen molar-refractivity contribution in [3.05, 3.63) is 53.6 Å². The van der Waals surface area contributed by atoms with E-state index in [9.17, 15) is 0 Å². The minimum atomic E-state index is 0.606. The minimum Gasteiger partial charge on any atom is -0.497 e. The normalized spacial score (nSPS) is 15.2. The van der Waals surface area contributed by atoms with E-state index in [4.69, 9.17) is 13.8 Å². The largest absolute Gasteiger partial charge is 0.497 e. The summed E-state index contributed by atoms with van der Waals surface area (Å²) in [6.07, 6.45) is 1.80. The van der Waals surface area contributed by atoms with Gasteiger partial charge in [-0.2, -0.15) is 9.97 Å². The predicted octanol–water partition coefficient (Wildman–Crippen LogP) is 3.61. The summed E-state index contributed by atoms with van der Waals surface area (Å²) in [6, 6.07) is 11.7. The first-order valence-electron chi connectivity index (χ1n) is 11.0. The fourth-order valence-corrected chi connectivity index (χ4v) is 4.50. The zero-order chi connectivity index (χ0) is 22.5. The Balaban J connectivity index is 1.04. The van der Waals surface area contributed by atoms with E-state index in [1.54, 1.807) is 18.4 Å². The van der Waals surface area contributed by atoms with Crippen LogP contribution in [0.15, 0.2) is 50.8 Å². The fourth-order valence-electron chi connectivity index (χ4n) is 3.85. The first kappa shape index (κ1) is 21.7. The molecule has 4 heterocycles. The van der Waals surface area contributed by atoms with Gasteiger partial charge in [0.05, 0.1) is 18.5 Å². The third-order valence-corrected chi connectivity index (χ3v) is 6.58. The number of aryl methyl sites for hydroxylation is 1. The fraction of sp³-hybridized carbons (Fsp3) is 0.391. The molecule has 1 fully saturated rings. The van der Waals surface area contributed by atoms with Crippen LogP contribution in [0.2, 0.25) is 0 Å². The van der Waals surface area contributed by atoms with Gasteiger partial charge < -0.3 is 18.7 Å². The van der Waals surface area contributed by atoms with Crippen molar-refractivity contribution in [2.75, 3.05) is 39.8 Å². The van der Waals surface area contributed by atoms with Crippen molar-refractivity contribution < 1.29 is 13.8 Å². The van der Waals surface area contributed by atoms with Gasteiger partial charge in [-0.05, 0) is 48.7 Å². The number of hydrogen-bond donors (Lipinski definition) is 0. The third kappa shape index (κ3) is 5.47. The van der Waals surface area contributed by atoms with Gasteiger partial charge >= 0.3 is 0 Å². The van der Waals surface area contributed by atoms with E-state index in [0.717, 1.165) is 61.8 Å². The maximum Gasteiger partial charge on any atom is 0.241 e. The number of piperazine rings is 1. The van der Waals surface area contributed by atoms with Crippen molar-refractivity contribution in [2.45, 2.75) is 19.4 Å². The van der Waals surface area contributed by atoms with Gasteiger partial charge in [0.1, 0.15) is 5.75 Å². The van der Waals surface area contributed by atoms with Crippen LogP contribution in [0.4, 0.5) is 0 Å². The number of rotatable bonds is 9. The molecule has 0 bridgehead atoms. The SMILES string of the molecule is COc1ccc(-c2noc(CN3CCN(CCCc4nc(-c5cccs5)no4)CC3)n2)cc1. The van der Waals surface area contributed by atoms with Gasteiger partial charge in [-0.3, -0.25) is 4.90 Å². The molecule has 0 atom stereocenters. The van der Waals surface area contributed by atoms with E-state index < -0.39 is 0 Å². The van der Waals surface area contributed by atoms with E-state index in [-0.39, 0.29) is 0 Å². The van der Waals surface area contributed by atoms with Crippen LogP contribution < -0.4 is 4.74 Å². The molecule has 0 spiro atoms. The van der Waals surface area contributed by atoms with Gasteiger partial charge in [0.2, 0.25) is 23.4 Å². The van der Waals surface area contributed by atoms with E-state index in [0.29, 0.717) is 30.0 Å². The lowest BCUT2D eigenvalue weighted by Gasteiger charge is -2.33. The molecule has 1 aromatic carbocycles. The molecule has 0 saturated carbocycles. The van der Waals surface area contributed by atoms with Crippen LogP contribution in [0, 0.1) is 0 Å². The standard InChI is InChI=1S/C23H26N6O3S/c1-30-18-8-6-17(7-9-18)22-25-21(32-26-22)16-29-13-11-28(12-14-29)10-2-5-20-24-23(27-31-20)19-4-3-15-33-19/h3-4,6-9,15H,2,5,10-14,16H2,1H3. The van der Waals surface area contributed by atoms with Crippen LogP contribution in [-0.2, 0) is 13.0 Å². The molecule has 0 radical (unpaired) electrons. The first-order valence-corrected chi connectivity index (χ1v) is 11.9. The molecular weight excluding hydrogens is 440 g/mol. The van der Waals surface area contributed by atoms with Crippen LogP contribution in [0.3, 0.4) is 0 Å². The summed E-state index contributed by atoms with van der Waals surface area (Å²) >= 11 is 1.62. The maximum absolute atomic E-state index is 5.48. The molecular formula is C23H26N6O3S. The highest BCUT2D eigenvalue weighted by Gasteiger charge is 2.20. The van der Waals surface area contributed by atoms with E-state index in [1.807, 2.05) is 41.8 Å². The molecule has 3 aromatic heterocycles. The van der Waals surface area contributed by atoms with Crippen molar-refractivity contribution in [1.29, 1.82) is 0 Å². The molecule has 1 aliphatic rings. The molecule has 4 aromatic rings. The summed E-state index contributed by atoms with van der Waals surface area (Å²) in [5.41, 5.74) is 0.916. The highest BCUT2D eigenvalue weighted by molar-refractivity contribution is 7.13. The molecule has 1 aliphatic heterocycles. The summed E-state index contributed by atoms with van der Waals surface area (Å²) in [5.74, 6) is 3.45. The van der Waals surface area contributed by atoms with Crippen LogP contribution in [-0.4, -0.2) is 69.9 Å². The molecule has 10 heteroatoms. The third-order valence-electron chi connectivity index (χ3n) is 5.71. The summed E-state index contributed by atoms with van der Waals surface area (Å²) in [7, 11) is 1.65. The Labute approximate surface area is 196 Å². The molecule has 9 nitrogen and oxygen atoms in total. The highest BCUT2D eigenvalue weighted by Crippen LogP contribution is 2.22. The number of hydrogen-bond acceptors (Lipinski definition) is 10. The van der Waals surface area contributed by atoms with Crippen LogP contribution in [0.1, 0.15) is 18.2 Å². The average molecular weight is 467 g/mol. The molecule has 0 N–H and O–H groups in total. The van der Waals surface area contributed by atoms with Crippen molar-refractivity contribution in [1.82, 2.24) is 30.1 Å². The van der Waals surface area contributed by atoms with Gasteiger partial charge in [-0.15, -0.1) is 11.3 Å². The Morgan fingerprint density at radius 2 is 1.64 bits per heavy atom. The Morgan fingerprint density at radius 3 is 2.39 bits per heavy atom. The summed E-state index contributed by atoms with van der Waals surface area (Å²) < 4.78 is 16.1. The van der Waals surface area contributed by atoms with E-state index in [2.05, 4.69) is 30.1 Å². The second-order valence-corrected chi connectivity index (χ2v) is 8.90. The number of ether oxygens (including phenoxy) is 1. The van der Waals surface area contributed by atoms with Gasteiger partial charge in [-0.1, -0.05) is 16.4 Å². The second-order valence-electron chi connectivity index (χ2n) is 7.95. The van der Waals surface area contributed by atoms with Crippen molar-refractivity contribution in [3.63, 3.8) is 0 Å². The van der Waals surface area contributed by atoms with Crippen molar-refractivity contribution in [2.24, 2.45) is 0 Å². The average Bonchev–Trinajstić information content (AvgIpc) is 3.62. The summed E-state index contributed by atoms with van der Waals surface area (Å²) in [5, 5.41) is 10.2. The topological polar surface area (TPSA) is 93.6 Å². The maximum atomic E-state index is 5.48. The van der Waals surface area contributed by atoms with Gasteiger partial charge in [0.15, 0.2) is 0 Å². The zero-order valence-electron chi connectivity index (χ0n) is 18.5. The molecule has 1 saturated heterocycles. The van der Waals surface area contributed by atoms with Crippen molar-refractivity contribution in [3.8, 4) is 27.8 Å². The minimum absolute atomic E-state index is 0.606. The second kappa shape index (κ2) is 10.2. The Hall–Kier alpha value is -3.08. The molecule has 0 amide bonds. The number of benzene rings is 1. The Morgan fingerprint density at radius 1 is 0.909 bits per heavy atom. The monoisotopic (exact) mass is 466 g/mol. The first-order chi connectivity index (χ1) is 16.3. The lowest BCUT2D eigenvalue weighted by atomic mass is 10.2. The quantitative estimate of drug-likeness (QED) is 0.367. The summed E-state index contributed by atoms with van der Waals surface area (Å²) in [6.45, 7) is 5.68. The smallest absolute Gasteiger partial charge is 0.241 e. The Bertz CT molecular complexity index is 1130. The Kier molecular flexibility index (Phi) is 6.75. The summed E-state index contributed by atoms with van der Waals surface area (Å²) in [4.78, 5) is 14.9. The molecule has 172 valence electrons. The molecule has 0 aliphatic carbocycles. The highest BCUT2D eigenvalue weighted by atomic mass is 32.1. The van der Waals surface area contributed by atoms with Crippen molar-refractivity contribution >= 4 is 11.3 Å². The zero-order valence-corrected chi connectivity index (χ0v) is 19.3. The van der Waals surface area contributed by atoms with Crippen LogP contribution in [0.5, 0.6) is 5.75 Å². The van der Waals surface area contributed by atoms with Gasteiger partial charge in [0, 0.05) is 38.2 Å². The predicted molar refractivity (Wildman–Crippen MR) is 124 cm³/mol. The number of nitrogens with zero attached hydrogens (tertiary/aromatic N) is 6. The van der Waals surface area contributed by atoms with Gasteiger partial charge in [-0.25, -0.2) is 0 Å². The molecule has 5 rings (SSSR count). The number of methoxy groups -OCH3 is 1. The van der Waals surface area contributed by atoms with E-state index >= 15 is 0 Å². The van der Waals surface area contributed by atoms with E-state index in [1.165, 1.54) is 0 Å². The number of aromatic nitrogens is 4. The molecule has 33 heavy (non-hydrogen) atoms. The van der Waals surface area contributed by atoms with Crippen LogP contribution in [0.25, 0.3) is 22.1 Å². The number of thiophene rings is 1. The lowest BCUT2D eigenvalue weighted by molar-refractivity contribution is 0.115. The lowest BCUT2D eigenvalue weighted by Crippen LogP contribution is -2.46. The van der Waals surface area contributed by atoms with Gasteiger partial charge in [0.25, 0.3) is 0 Å². The van der Waals surface area contributed by atoms with Crippen LogP contribution >= 0.6 is 11.3 Å². The molecule has 0 unspecified atom stereocenters.